The van der Waals surface area contributed by atoms with Crippen LogP contribution in [0.3, 0.4) is 0 Å². The molecular formula is C12H16P. The molecule has 0 unspecified atom stereocenters. The molecular weight excluding hydrogens is 175 g/mol. The smallest absolute Gasteiger partial charge is 0.0106 e. The molecule has 0 spiro atoms. The monoisotopic (exact) mass is 191 g/mol. The van der Waals surface area contributed by atoms with Crippen molar-refractivity contribution in [2.75, 3.05) is 12.3 Å². The van der Waals surface area contributed by atoms with Crippen LogP contribution in [0.15, 0.2) is 61.7 Å². The maximum atomic E-state index is 3.59. The molecule has 1 aromatic carbocycles. The number of hydrogen-bond donors (Lipinski definition) is 0. The molecule has 13 heavy (non-hydrogen) atoms. The van der Waals surface area contributed by atoms with Crippen molar-refractivity contribution in [3.8, 4) is 0 Å². The van der Waals surface area contributed by atoms with Gasteiger partial charge in [-0.3, -0.25) is 0 Å². The topological polar surface area (TPSA) is 0 Å². The van der Waals surface area contributed by atoms with Gasteiger partial charge in [0.05, 0.1) is 0 Å². The lowest BCUT2D eigenvalue weighted by molar-refractivity contribution is 1.71. The number of allylic oxidation sites excluding steroid dienone is 2. The average molecular weight is 191 g/mol. The van der Waals surface area contributed by atoms with Crippen LogP contribution in [-0.2, 0) is 0 Å². The molecule has 1 radical (unpaired) electrons. The molecule has 0 saturated carbocycles. The predicted octanol–water partition coefficient (Wildman–Crippen LogP) is 3.99. The molecule has 1 rings (SSSR count). The van der Waals surface area contributed by atoms with Crippen LogP contribution in [0.4, 0.5) is 0 Å². The maximum absolute atomic E-state index is 3.59. The fourth-order valence-electron chi connectivity index (χ4n) is 0.642. The van der Waals surface area contributed by atoms with Crippen molar-refractivity contribution in [2.24, 2.45) is 0 Å². The normalized spacial score (nSPS) is 8.00. The SMILES string of the molecule is C=CC[P]CC=C.c1ccccc1. The highest BCUT2D eigenvalue weighted by Gasteiger charge is 1.74. The first kappa shape index (κ1) is 12.1. The number of rotatable bonds is 4. The zero-order chi connectivity index (χ0) is 9.78. The van der Waals surface area contributed by atoms with E-state index in [1.54, 1.807) is 0 Å². The lowest BCUT2D eigenvalue weighted by atomic mass is 10.4. The minimum absolute atomic E-state index is 1.09. The summed E-state index contributed by atoms with van der Waals surface area (Å²) in [6.07, 6.45) is 6.02. The minimum Gasteiger partial charge on any atom is -0.103 e. The van der Waals surface area contributed by atoms with Gasteiger partial charge in [0.2, 0.25) is 0 Å². The van der Waals surface area contributed by atoms with Crippen molar-refractivity contribution in [3.05, 3.63) is 61.7 Å². The second kappa shape index (κ2) is 11.1. The van der Waals surface area contributed by atoms with Crippen LogP contribution >= 0.6 is 8.58 Å². The quantitative estimate of drug-likeness (QED) is 0.383. The third kappa shape index (κ3) is 11.1. The minimum atomic E-state index is 1.09. The first-order valence-corrected chi connectivity index (χ1v) is 5.53. The third-order valence-corrected chi connectivity index (χ3v) is 2.22. The molecule has 0 aliphatic heterocycles. The van der Waals surface area contributed by atoms with Crippen molar-refractivity contribution in [1.82, 2.24) is 0 Å². The Kier molecular flexibility index (Phi) is 10.4. The molecule has 1 heteroatoms. The highest BCUT2D eigenvalue weighted by atomic mass is 31.1. The van der Waals surface area contributed by atoms with Gasteiger partial charge in [-0.2, -0.15) is 0 Å². The fraction of sp³-hybridized carbons (Fsp3) is 0.167. The number of hydrogen-bond acceptors (Lipinski definition) is 0. The Morgan fingerprint density at radius 2 is 1.08 bits per heavy atom. The van der Waals surface area contributed by atoms with Crippen molar-refractivity contribution in [2.45, 2.75) is 0 Å². The Balaban J connectivity index is 0.000000223. The second-order valence-electron chi connectivity index (χ2n) is 2.32. The predicted molar refractivity (Wildman–Crippen MR) is 63.5 cm³/mol. The van der Waals surface area contributed by atoms with E-state index in [0.29, 0.717) is 0 Å². The van der Waals surface area contributed by atoms with Crippen molar-refractivity contribution in [1.29, 1.82) is 0 Å². The molecule has 69 valence electrons. The lowest BCUT2D eigenvalue weighted by Crippen LogP contribution is -1.65. The Labute approximate surface area is 83.2 Å². The number of benzene rings is 1. The molecule has 0 aromatic heterocycles. The highest BCUT2D eigenvalue weighted by molar-refractivity contribution is 7.38. The molecule has 0 fully saturated rings. The maximum Gasteiger partial charge on any atom is -0.0106 e. The average Bonchev–Trinajstić information content (AvgIpc) is 2.22. The first-order valence-electron chi connectivity index (χ1n) is 4.27. The largest absolute Gasteiger partial charge is 0.103 e. The summed E-state index contributed by atoms with van der Waals surface area (Å²) in [6, 6.07) is 12.0. The van der Waals surface area contributed by atoms with E-state index < -0.39 is 0 Å². The molecule has 0 aliphatic rings. The molecule has 1 aromatic rings. The summed E-state index contributed by atoms with van der Waals surface area (Å²) in [5.41, 5.74) is 0. The molecule has 0 nitrogen and oxygen atoms in total. The second-order valence-corrected chi connectivity index (χ2v) is 3.50. The van der Waals surface area contributed by atoms with Crippen LogP contribution in [-0.4, -0.2) is 12.3 Å². The van der Waals surface area contributed by atoms with Crippen LogP contribution in [0.25, 0.3) is 0 Å². The van der Waals surface area contributed by atoms with Gasteiger partial charge in [0.1, 0.15) is 0 Å². The summed E-state index contributed by atoms with van der Waals surface area (Å²) in [5, 5.41) is 0. The van der Waals surface area contributed by atoms with E-state index in [1.807, 2.05) is 48.6 Å². The van der Waals surface area contributed by atoms with Gasteiger partial charge in [0.25, 0.3) is 0 Å². The van der Waals surface area contributed by atoms with E-state index in [2.05, 4.69) is 13.2 Å². The van der Waals surface area contributed by atoms with E-state index in [9.17, 15) is 0 Å². The van der Waals surface area contributed by atoms with E-state index in [1.165, 1.54) is 8.58 Å². The Hall–Kier alpha value is -0.870. The van der Waals surface area contributed by atoms with Gasteiger partial charge in [-0.05, 0) is 12.3 Å². The van der Waals surface area contributed by atoms with Crippen LogP contribution in [0.1, 0.15) is 0 Å². The molecule has 0 aliphatic carbocycles. The summed E-state index contributed by atoms with van der Waals surface area (Å²) < 4.78 is 0. The van der Waals surface area contributed by atoms with Gasteiger partial charge in [-0.1, -0.05) is 57.1 Å². The Morgan fingerprint density at radius 3 is 1.31 bits per heavy atom. The first-order chi connectivity index (χ1) is 6.41. The van der Waals surface area contributed by atoms with Crippen molar-refractivity contribution < 1.29 is 0 Å². The van der Waals surface area contributed by atoms with Gasteiger partial charge in [-0.15, -0.1) is 13.2 Å². The Morgan fingerprint density at radius 1 is 0.769 bits per heavy atom. The van der Waals surface area contributed by atoms with E-state index in [0.717, 1.165) is 12.3 Å². The summed E-state index contributed by atoms with van der Waals surface area (Å²) >= 11 is 0. The van der Waals surface area contributed by atoms with E-state index >= 15 is 0 Å². The summed E-state index contributed by atoms with van der Waals surface area (Å²) in [7, 11) is 1.41. The van der Waals surface area contributed by atoms with Crippen LogP contribution < -0.4 is 0 Å². The molecule has 0 atom stereocenters. The molecule has 0 saturated heterocycles. The van der Waals surface area contributed by atoms with Crippen LogP contribution in [0, 0.1) is 0 Å². The Bertz CT molecular complexity index is 169. The van der Waals surface area contributed by atoms with Gasteiger partial charge in [0.15, 0.2) is 0 Å². The molecule has 0 heterocycles. The van der Waals surface area contributed by atoms with Crippen LogP contribution in [0.5, 0.6) is 0 Å². The third-order valence-electron chi connectivity index (χ3n) is 1.18. The van der Waals surface area contributed by atoms with E-state index in [-0.39, 0.29) is 0 Å². The van der Waals surface area contributed by atoms with Crippen molar-refractivity contribution in [3.63, 3.8) is 0 Å². The lowest BCUT2D eigenvalue weighted by Gasteiger charge is -1.83. The van der Waals surface area contributed by atoms with Gasteiger partial charge in [0, 0.05) is 0 Å². The van der Waals surface area contributed by atoms with Gasteiger partial charge >= 0.3 is 0 Å². The summed E-state index contributed by atoms with van der Waals surface area (Å²) in [4.78, 5) is 0. The molecule has 0 N–H and O–H groups in total. The standard InChI is InChI=1S/C6H10P.C6H6/c1-3-5-7-6-4-2;1-2-4-6-5-3-1/h3-4H,1-2,5-6H2;1-6H. The van der Waals surface area contributed by atoms with Gasteiger partial charge in [-0.25, -0.2) is 0 Å². The zero-order valence-corrected chi connectivity index (χ0v) is 8.79. The molecule has 0 bridgehead atoms. The summed E-state index contributed by atoms with van der Waals surface area (Å²) in [5.74, 6) is 0. The van der Waals surface area contributed by atoms with E-state index in [4.69, 9.17) is 0 Å². The zero-order valence-electron chi connectivity index (χ0n) is 7.89. The van der Waals surface area contributed by atoms with Gasteiger partial charge < -0.3 is 0 Å². The highest BCUT2D eigenvalue weighted by Crippen LogP contribution is 2.07. The van der Waals surface area contributed by atoms with Crippen molar-refractivity contribution >= 4 is 8.58 Å². The van der Waals surface area contributed by atoms with Crippen LogP contribution in [0.2, 0.25) is 0 Å². The fourth-order valence-corrected chi connectivity index (χ4v) is 1.16. The summed E-state index contributed by atoms with van der Waals surface area (Å²) in [6.45, 7) is 7.18. The molecule has 0 amide bonds.